The van der Waals surface area contributed by atoms with Crippen LogP contribution in [-0.4, -0.2) is 24.0 Å². The number of hydrogen-bond acceptors (Lipinski definition) is 4. The van der Waals surface area contributed by atoms with Crippen molar-refractivity contribution in [3.8, 4) is 22.6 Å². The molecule has 138 valence electrons. The molecule has 0 aliphatic carbocycles. The Labute approximate surface area is 160 Å². The van der Waals surface area contributed by atoms with Gasteiger partial charge in [-0.25, -0.2) is 0 Å². The van der Waals surface area contributed by atoms with E-state index in [0.717, 1.165) is 22.5 Å². The van der Waals surface area contributed by atoms with Crippen molar-refractivity contribution in [3.05, 3.63) is 57.3 Å². The van der Waals surface area contributed by atoms with Crippen LogP contribution in [0.15, 0.2) is 51.7 Å². The number of fused-ring (bicyclic) bond motifs is 3. The van der Waals surface area contributed by atoms with Gasteiger partial charge in [0.05, 0.1) is 5.52 Å². The maximum atomic E-state index is 12.4. The van der Waals surface area contributed by atoms with E-state index in [1.54, 1.807) is 0 Å². The second kappa shape index (κ2) is 9.40. The Hall–Kier alpha value is -2.31. The molecule has 2 N–H and O–H groups in total. The van der Waals surface area contributed by atoms with E-state index >= 15 is 0 Å². The molecule has 5 nitrogen and oxygen atoms in total. The normalized spacial score (nSPS) is 11.3. The lowest BCUT2D eigenvalue weighted by Gasteiger charge is -2.06. The van der Waals surface area contributed by atoms with Gasteiger partial charge in [-0.3, -0.25) is 4.79 Å². The fraction of sp³-hybridized carbons (Fsp3) is 0.250. The molecule has 0 atom stereocenters. The molecule has 0 bridgehead atoms. The zero-order valence-corrected chi connectivity index (χ0v) is 16.6. The smallest absolute Gasteiger partial charge is 0.256 e. The van der Waals surface area contributed by atoms with Crippen molar-refractivity contribution in [1.29, 1.82) is 0 Å². The van der Waals surface area contributed by atoms with E-state index in [1.807, 2.05) is 42.5 Å². The second-order valence-electron chi connectivity index (χ2n) is 5.49. The Morgan fingerprint density at radius 2 is 1.85 bits per heavy atom. The van der Waals surface area contributed by atoms with Crippen LogP contribution in [0, 0.1) is 0 Å². The summed E-state index contributed by atoms with van der Waals surface area (Å²) in [5.74, 6) is 1.26. The van der Waals surface area contributed by atoms with Crippen molar-refractivity contribution in [1.82, 2.24) is 4.98 Å². The highest BCUT2D eigenvalue weighted by Gasteiger charge is 2.18. The fourth-order valence-corrected chi connectivity index (χ4v) is 2.91. The number of aromatic amines is 1. The Morgan fingerprint density at radius 3 is 2.54 bits per heavy atom. The van der Waals surface area contributed by atoms with Crippen molar-refractivity contribution < 1.29 is 14.6 Å². The van der Waals surface area contributed by atoms with Gasteiger partial charge in [-0.15, -0.1) is 0 Å². The van der Waals surface area contributed by atoms with Gasteiger partial charge in [-0.05, 0) is 35.9 Å². The number of hydrogen-bond donors (Lipinski definition) is 2. The van der Waals surface area contributed by atoms with E-state index in [4.69, 9.17) is 14.6 Å². The summed E-state index contributed by atoms with van der Waals surface area (Å²) in [6.45, 7) is 4.43. The second-order valence-corrected chi connectivity index (χ2v) is 6.41. The molecule has 3 aromatic rings. The third-order valence-corrected chi connectivity index (χ3v) is 3.98. The van der Waals surface area contributed by atoms with E-state index < -0.39 is 0 Å². The quantitative estimate of drug-likeness (QED) is 0.598. The highest BCUT2D eigenvalue weighted by molar-refractivity contribution is 9.10. The summed E-state index contributed by atoms with van der Waals surface area (Å²) in [6.07, 6.45) is 1.25. The molecule has 6 heteroatoms. The fourth-order valence-electron chi connectivity index (χ4n) is 2.51. The molecule has 1 aliphatic heterocycles. The van der Waals surface area contributed by atoms with Crippen molar-refractivity contribution in [3.63, 3.8) is 0 Å². The maximum absolute atomic E-state index is 12.4. The summed E-state index contributed by atoms with van der Waals surface area (Å²) >= 11 is 3.43. The molecule has 2 heterocycles. The molecular formula is C20H22BrNO4. The third-order valence-electron chi connectivity index (χ3n) is 3.49. The monoisotopic (exact) mass is 419 g/mol. The number of halogens is 1. The van der Waals surface area contributed by atoms with Gasteiger partial charge in [0.2, 0.25) is 6.79 Å². The first-order chi connectivity index (χ1) is 12.6. The number of H-pyrrole nitrogens is 1. The summed E-state index contributed by atoms with van der Waals surface area (Å²) in [6, 6.07) is 13.3. The zero-order valence-electron chi connectivity index (χ0n) is 15.0. The lowest BCUT2D eigenvalue weighted by atomic mass is 10.0. The SMILES string of the molecule is CCC.CO.O=c1[nH]c2c3c(ccc2cc1-c1cccc(Br)c1)OCO3. The van der Waals surface area contributed by atoms with Crippen LogP contribution in [0.5, 0.6) is 11.5 Å². The minimum Gasteiger partial charge on any atom is -0.454 e. The Kier molecular flexibility index (Phi) is 7.24. The average molecular weight is 420 g/mol. The number of aliphatic hydroxyl groups is 1. The van der Waals surface area contributed by atoms with E-state index in [1.165, 1.54) is 6.42 Å². The van der Waals surface area contributed by atoms with Gasteiger partial charge in [0, 0.05) is 22.5 Å². The number of nitrogens with one attached hydrogen (secondary N) is 1. The molecule has 0 spiro atoms. The van der Waals surface area contributed by atoms with Crippen LogP contribution in [0.4, 0.5) is 0 Å². The third kappa shape index (κ3) is 4.26. The van der Waals surface area contributed by atoms with Crippen LogP contribution in [0.2, 0.25) is 0 Å². The standard InChI is InChI=1S/C16H10BrNO3.C3H8.CH4O/c17-11-3-1-2-9(6-11)12-7-10-4-5-13-15(21-8-20-13)14(10)18-16(12)19;1-3-2;1-2/h1-7H,8H2,(H,18,19);3H2,1-2H3;2H,1H3. The van der Waals surface area contributed by atoms with E-state index in [2.05, 4.69) is 34.8 Å². The molecule has 0 unspecified atom stereocenters. The van der Waals surface area contributed by atoms with Crippen LogP contribution in [-0.2, 0) is 0 Å². The lowest BCUT2D eigenvalue weighted by molar-refractivity contribution is 0.174. The zero-order chi connectivity index (χ0) is 19.1. The summed E-state index contributed by atoms with van der Waals surface area (Å²) in [5.41, 5.74) is 2.02. The molecule has 0 fully saturated rings. The van der Waals surface area contributed by atoms with Crippen molar-refractivity contribution >= 4 is 26.8 Å². The highest BCUT2D eigenvalue weighted by Crippen LogP contribution is 2.38. The first kappa shape index (κ1) is 20.0. The number of aromatic nitrogens is 1. The van der Waals surface area contributed by atoms with Crippen LogP contribution < -0.4 is 15.0 Å². The van der Waals surface area contributed by atoms with Crippen LogP contribution in [0.25, 0.3) is 22.0 Å². The first-order valence-electron chi connectivity index (χ1n) is 8.30. The van der Waals surface area contributed by atoms with Gasteiger partial charge in [-0.2, -0.15) is 0 Å². The molecule has 2 aromatic carbocycles. The molecule has 26 heavy (non-hydrogen) atoms. The van der Waals surface area contributed by atoms with Gasteiger partial charge >= 0.3 is 0 Å². The molecule has 0 radical (unpaired) electrons. The van der Waals surface area contributed by atoms with Crippen LogP contribution in [0.1, 0.15) is 20.3 Å². The first-order valence-corrected chi connectivity index (χ1v) is 9.09. The van der Waals surface area contributed by atoms with Gasteiger partial charge in [0.15, 0.2) is 11.5 Å². The lowest BCUT2D eigenvalue weighted by Crippen LogP contribution is -2.09. The minimum atomic E-state index is -0.149. The summed E-state index contributed by atoms with van der Waals surface area (Å²) < 4.78 is 11.7. The topological polar surface area (TPSA) is 71.5 Å². The summed E-state index contributed by atoms with van der Waals surface area (Å²) in [7, 11) is 1.00. The van der Waals surface area contributed by atoms with Crippen molar-refractivity contribution in [2.24, 2.45) is 0 Å². The van der Waals surface area contributed by atoms with Gasteiger partial charge in [-0.1, -0.05) is 48.3 Å². The number of pyridine rings is 1. The van der Waals surface area contributed by atoms with Gasteiger partial charge < -0.3 is 19.6 Å². The average Bonchev–Trinajstić information content (AvgIpc) is 3.13. The summed E-state index contributed by atoms with van der Waals surface area (Å²) in [5, 5.41) is 7.91. The molecular weight excluding hydrogens is 398 g/mol. The number of aliphatic hydroxyl groups excluding tert-OH is 1. The predicted molar refractivity (Wildman–Crippen MR) is 108 cm³/mol. The Balaban J connectivity index is 0.000000444. The Bertz CT molecular complexity index is 937. The van der Waals surface area contributed by atoms with E-state index in [9.17, 15) is 4.79 Å². The number of rotatable bonds is 1. The molecule has 0 amide bonds. The minimum absolute atomic E-state index is 0.149. The molecule has 1 aliphatic rings. The van der Waals surface area contributed by atoms with Gasteiger partial charge in [0.1, 0.15) is 0 Å². The maximum Gasteiger partial charge on any atom is 0.256 e. The molecule has 1 aromatic heterocycles. The van der Waals surface area contributed by atoms with E-state index in [-0.39, 0.29) is 12.4 Å². The molecule has 4 rings (SSSR count). The predicted octanol–water partition coefficient (Wildman–Crippen LogP) is 4.71. The highest BCUT2D eigenvalue weighted by atomic mass is 79.9. The summed E-state index contributed by atoms with van der Waals surface area (Å²) in [4.78, 5) is 15.3. The van der Waals surface area contributed by atoms with Gasteiger partial charge in [0.25, 0.3) is 5.56 Å². The molecule has 0 saturated carbocycles. The van der Waals surface area contributed by atoms with Crippen LogP contribution >= 0.6 is 15.9 Å². The van der Waals surface area contributed by atoms with E-state index in [0.29, 0.717) is 22.6 Å². The largest absolute Gasteiger partial charge is 0.454 e. The number of benzene rings is 2. The number of ether oxygens (including phenoxy) is 2. The van der Waals surface area contributed by atoms with Crippen molar-refractivity contribution in [2.45, 2.75) is 20.3 Å². The molecule has 0 saturated heterocycles. The van der Waals surface area contributed by atoms with Crippen LogP contribution in [0.3, 0.4) is 0 Å². The van der Waals surface area contributed by atoms with Crippen molar-refractivity contribution in [2.75, 3.05) is 13.9 Å². The Morgan fingerprint density at radius 1 is 1.12 bits per heavy atom.